The molecule has 5 rings (SSSR count). The number of amides is 2. The Hall–Kier alpha value is -3.35. The number of aliphatic carboxylic acids is 1. The van der Waals surface area contributed by atoms with Crippen LogP contribution in [0.2, 0.25) is 0 Å². The molecule has 3 aliphatic carbocycles. The van der Waals surface area contributed by atoms with Crippen LogP contribution in [0.5, 0.6) is 0 Å². The molecule has 2 saturated carbocycles. The van der Waals surface area contributed by atoms with E-state index < -0.39 is 23.1 Å². The molecule has 0 aliphatic heterocycles. The van der Waals surface area contributed by atoms with Crippen molar-refractivity contribution >= 4 is 18.0 Å². The zero-order chi connectivity index (χ0) is 23.8. The Morgan fingerprint density at radius 3 is 1.97 bits per heavy atom. The van der Waals surface area contributed by atoms with E-state index in [4.69, 9.17) is 4.74 Å². The van der Waals surface area contributed by atoms with E-state index >= 15 is 0 Å². The van der Waals surface area contributed by atoms with Gasteiger partial charge in [0.05, 0.1) is 12.0 Å². The van der Waals surface area contributed by atoms with Gasteiger partial charge in [-0.1, -0.05) is 61.4 Å². The minimum absolute atomic E-state index is 0.0540. The fourth-order valence-electron chi connectivity index (χ4n) is 5.82. The summed E-state index contributed by atoms with van der Waals surface area (Å²) in [4.78, 5) is 37.5. The highest BCUT2D eigenvalue weighted by molar-refractivity contribution is 5.92. The number of carboxylic acid groups (broad SMARTS) is 1. The average molecular weight is 463 g/mol. The van der Waals surface area contributed by atoms with Gasteiger partial charge in [0.15, 0.2) is 0 Å². The van der Waals surface area contributed by atoms with Crippen LogP contribution in [-0.4, -0.2) is 40.8 Å². The monoisotopic (exact) mass is 462 g/mol. The average Bonchev–Trinajstić information content (AvgIpc) is 3.36. The molecule has 34 heavy (non-hydrogen) atoms. The molecule has 2 aromatic rings. The molecule has 0 atom stereocenters. The van der Waals surface area contributed by atoms with Crippen LogP contribution in [0.1, 0.15) is 68.4 Å². The van der Waals surface area contributed by atoms with Gasteiger partial charge in [0, 0.05) is 5.92 Å². The summed E-state index contributed by atoms with van der Waals surface area (Å²) in [5.41, 5.74) is 2.81. The summed E-state index contributed by atoms with van der Waals surface area (Å²) >= 11 is 0. The topological polar surface area (TPSA) is 105 Å². The molecule has 2 aromatic carbocycles. The molecule has 0 unspecified atom stereocenters. The second-order valence-corrected chi connectivity index (χ2v) is 9.90. The first-order valence-electron chi connectivity index (χ1n) is 12.1. The van der Waals surface area contributed by atoms with E-state index in [1.165, 1.54) is 0 Å². The van der Waals surface area contributed by atoms with Crippen molar-refractivity contribution < 1.29 is 24.2 Å². The van der Waals surface area contributed by atoms with Gasteiger partial charge in [-0.15, -0.1) is 0 Å². The van der Waals surface area contributed by atoms with Gasteiger partial charge in [0.1, 0.15) is 12.1 Å². The van der Waals surface area contributed by atoms with E-state index in [-0.39, 0.29) is 24.9 Å². The fourth-order valence-corrected chi connectivity index (χ4v) is 5.82. The molecule has 7 nitrogen and oxygen atoms in total. The van der Waals surface area contributed by atoms with Crippen molar-refractivity contribution in [3.8, 4) is 11.1 Å². The zero-order valence-electron chi connectivity index (χ0n) is 19.1. The molecule has 0 heterocycles. The quantitative estimate of drug-likeness (QED) is 0.567. The Morgan fingerprint density at radius 1 is 0.853 bits per heavy atom. The predicted molar refractivity (Wildman–Crippen MR) is 126 cm³/mol. The van der Waals surface area contributed by atoms with Gasteiger partial charge in [-0.3, -0.25) is 9.59 Å². The van der Waals surface area contributed by atoms with Crippen molar-refractivity contribution in [3.05, 3.63) is 59.7 Å². The minimum atomic E-state index is -1.03. The minimum Gasteiger partial charge on any atom is -0.481 e. The molecule has 0 spiro atoms. The smallest absolute Gasteiger partial charge is 0.408 e. The fraction of sp³-hybridized carbons (Fsp3) is 0.444. The van der Waals surface area contributed by atoms with Gasteiger partial charge < -0.3 is 20.5 Å². The number of ether oxygens (including phenoxy) is 1. The number of alkyl carbamates (subject to hydrolysis) is 1. The van der Waals surface area contributed by atoms with E-state index in [1.54, 1.807) is 0 Å². The van der Waals surface area contributed by atoms with E-state index in [0.717, 1.165) is 41.5 Å². The summed E-state index contributed by atoms with van der Waals surface area (Å²) in [7, 11) is 0. The van der Waals surface area contributed by atoms with E-state index in [0.29, 0.717) is 25.7 Å². The number of hydrogen-bond acceptors (Lipinski definition) is 4. The lowest BCUT2D eigenvalue weighted by Crippen LogP contribution is -2.66. The maximum Gasteiger partial charge on any atom is 0.408 e. The first-order chi connectivity index (χ1) is 16.4. The number of fused-ring (bicyclic) bond motifs is 3. The van der Waals surface area contributed by atoms with Crippen LogP contribution < -0.4 is 10.6 Å². The number of carbonyl (C=O) groups excluding carboxylic acids is 2. The molecule has 7 heteroatoms. The third-order valence-electron chi connectivity index (χ3n) is 7.76. The van der Waals surface area contributed by atoms with E-state index in [1.807, 2.05) is 24.3 Å². The Balaban J connectivity index is 1.25. The highest BCUT2D eigenvalue weighted by atomic mass is 16.5. The summed E-state index contributed by atoms with van der Waals surface area (Å²) in [6.07, 6.45) is 4.22. The third kappa shape index (κ3) is 4.04. The molecule has 2 amide bonds. The van der Waals surface area contributed by atoms with Crippen molar-refractivity contribution in [2.24, 2.45) is 0 Å². The van der Waals surface area contributed by atoms with Crippen LogP contribution in [0.3, 0.4) is 0 Å². The lowest BCUT2D eigenvalue weighted by atomic mass is 9.75. The molecular formula is C27H30N2O5. The summed E-state index contributed by atoms with van der Waals surface area (Å²) in [5, 5.41) is 15.2. The van der Waals surface area contributed by atoms with Crippen LogP contribution in [0, 0.1) is 0 Å². The Bertz CT molecular complexity index is 1070. The molecule has 0 bridgehead atoms. The second kappa shape index (κ2) is 8.78. The lowest BCUT2D eigenvalue weighted by Gasteiger charge is -2.43. The lowest BCUT2D eigenvalue weighted by molar-refractivity contribution is -0.140. The standard InChI is InChI=1S/C27H30N2O5/c30-23(31)16-26(12-5-6-13-26)28-24(32)27(14-7-15-27)29-25(33)34-17-22-20-10-3-1-8-18(20)19-9-2-4-11-21(19)22/h1-4,8-11,22H,5-7,12-17H2,(H,28,32)(H,29,33)(H,30,31). The molecule has 2 fully saturated rings. The SMILES string of the molecule is O=C(O)CC1(NC(=O)C2(NC(=O)OCC3c4ccccc4-c4ccccc43)CCC2)CCCC1. The number of rotatable bonds is 7. The molecule has 0 saturated heterocycles. The van der Waals surface area contributed by atoms with E-state index in [2.05, 4.69) is 34.9 Å². The first kappa shape index (κ1) is 22.4. The van der Waals surface area contributed by atoms with Gasteiger partial charge in [0.2, 0.25) is 5.91 Å². The zero-order valence-corrected chi connectivity index (χ0v) is 19.1. The summed E-state index contributed by atoms with van der Waals surface area (Å²) in [5.74, 6) is -1.27. The Labute approximate surface area is 198 Å². The maximum absolute atomic E-state index is 13.2. The van der Waals surface area contributed by atoms with Gasteiger partial charge in [-0.05, 0) is 54.4 Å². The van der Waals surface area contributed by atoms with Crippen LogP contribution in [-0.2, 0) is 14.3 Å². The number of carboxylic acids is 1. The third-order valence-corrected chi connectivity index (χ3v) is 7.76. The van der Waals surface area contributed by atoms with Crippen LogP contribution >= 0.6 is 0 Å². The van der Waals surface area contributed by atoms with Crippen molar-refractivity contribution in [3.63, 3.8) is 0 Å². The normalized spacial score (nSPS) is 19.4. The Morgan fingerprint density at radius 2 is 1.44 bits per heavy atom. The summed E-state index contributed by atoms with van der Waals surface area (Å²) < 4.78 is 5.66. The van der Waals surface area contributed by atoms with Gasteiger partial charge >= 0.3 is 12.1 Å². The molecule has 3 aliphatic rings. The van der Waals surface area contributed by atoms with Crippen LogP contribution in [0.25, 0.3) is 11.1 Å². The van der Waals surface area contributed by atoms with Crippen molar-refractivity contribution in [1.82, 2.24) is 10.6 Å². The number of benzene rings is 2. The molecular weight excluding hydrogens is 432 g/mol. The summed E-state index contributed by atoms with van der Waals surface area (Å²) in [6.45, 7) is 0.181. The number of nitrogens with one attached hydrogen (secondary N) is 2. The van der Waals surface area contributed by atoms with Gasteiger partial charge in [-0.2, -0.15) is 0 Å². The van der Waals surface area contributed by atoms with Crippen molar-refractivity contribution in [2.75, 3.05) is 6.61 Å². The molecule has 178 valence electrons. The largest absolute Gasteiger partial charge is 0.481 e. The molecule has 0 radical (unpaired) electrons. The first-order valence-corrected chi connectivity index (χ1v) is 12.1. The highest BCUT2D eigenvalue weighted by Crippen LogP contribution is 2.44. The summed E-state index contributed by atoms with van der Waals surface area (Å²) in [6, 6.07) is 16.3. The van der Waals surface area contributed by atoms with Crippen molar-refractivity contribution in [2.45, 2.75) is 68.4 Å². The van der Waals surface area contributed by atoms with Gasteiger partial charge in [-0.25, -0.2) is 4.79 Å². The van der Waals surface area contributed by atoms with E-state index in [9.17, 15) is 19.5 Å². The van der Waals surface area contributed by atoms with Crippen LogP contribution in [0.15, 0.2) is 48.5 Å². The van der Waals surface area contributed by atoms with Crippen LogP contribution in [0.4, 0.5) is 4.79 Å². The predicted octanol–water partition coefficient (Wildman–Crippen LogP) is 4.35. The van der Waals surface area contributed by atoms with Crippen molar-refractivity contribution in [1.29, 1.82) is 0 Å². The molecule has 3 N–H and O–H groups in total. The number of hydrogen-bond donors (Lipinski definition) is 3. The Kier molecular flexibility index (Phi) is 5.80. The second-order valence-electron chi connectivity index (χ2n) is 9.90. The highest BCUT2D eigenvalue weighted by Gasteiger charge is 2.49. The number of carbonyl (C=O) groups is 3. The maximum atomic E-state index is 13.2. The molecule has 0 aromatic heterocycles. The van der Waals surface area contributed by atoms with Gasteiger partial charge in [0.25, 0.3) is 0 Å².